The molecule has 0 radical (unpaired) electrons. The number of anilines is 1. The van der Waals surface area contributed by atoms with Crippen LogP contribution in [0.15, 0.2) is 41.6 Å². The van der Waals surface area contributed by atoms with Crippen LogP contribution in [0.3, 0.4) is 0 Å². The van der Waals surface area contributed by atoms with Crippen LogP contribution >= 0.6 is 0 Å². The van der Waals surface area contributed by atoms with Crippen molar-refractivity contribution in [1.82, 2.24) is 34.7 Å². The second-order valence-electron chi connectivity index (χ2n) is 6.37. The monoisotopic (exact) mass is 368 g/mol. The summed E-state index contributed by atoms with van der Waals surface area (Å²) in [5.74, 6) is 1.49. The second-order valence-corrected chi connectivity index (χ2v) is 6.37. The number of amides is 2. The minimum atomic E-state index is -0.125. The first-order valence-corrected chi connectivity index (χ1v) is 8.69. The third-order valence-corrected chi connectivity index (χ3v) is 4.37. The van der Waals surface area contributed by atoms with Gasteiger partial charge in [-0.05, 0) is 19.1 Å². The average Bonchev–Trinajstić information content (AvgIpc) is 3.35. The molecule has 0 bridgehead atoms. The quantitative estimate of drug-likeness (QED) is 0.740. The van der Waals surface area contributed by atoms with Gasteiger partial charge in [-0.2, -0.15) is 5.10 Å². The Balaban J connectivity index is 1.28. The molecule has 1 saturated heterocycles. The van der Waals surface area contributed by atoms with Crippen molar-refractivity contribution in [3.05, 3.63) is 48.5 Å². The minimum Gasteiger partial charge on any atom is -0.360 e. The summed E-state index contributed by atoms with van der Waals surface area (Å²) < 4.78 is 6.81. The molecule has 1 aliphatic heterocycles. The first-order chi connectivity index (χ1) is 13.2. The zero-order chi connectivity index (χ0) is 18.6. The number of rotatable bonds is 4. The Bertz CT molecular complexity index is 882. The van der Waals surface area contributed by atoms with E-state index in [-0.39, 0.29) is 6.03 Å². The Labute approximate surface area is 155 Å². The molecule has 1 fully saturated rings. The summed E-state index contributed by atoms with van der Waals surface area (Å²) in [4.78, 5) is 24.7. The van der Waals surface area contributed by atoms with Gasteiger partial charge in [0.1, 0.15) is 12.7 Å². The molecule has 27 heavy (non-hydrogen) atoms. The molecule has 0 unspecified atom stereocenters. The molecule has 0 aromatic carbocycles. The van der Waals surface area contributed by atoms with Gasteiger partial charge in [0.2, 0.25) is 0 Å². The normalized spacial score (nSPS) is 15.1. The van der Waals surface area contributed by atoms with E-state index in [0.29, 0.717) is 31.1 Å². The molecular formula is C17H20N8O2. The first kappa shape index (κ1) is 17.2. The standard InChI is InChI=1S/C17H20N8O2/c1-13-8-15(27-22-13)10-23-4-6-24(7-5-23)17(26)21-14-2-3-16(19-9-14)25-12-18-11-20-25/h2-3,8-9,11-12H,4-7,10H2,1H3,(H,21,26). The van der Waals surface area contributed by atoms with E-state index in [1.807, 2.05) is 13.0 Å². The number of urea groups is 1. The van der Waals surface area contributed by atoms with Crippen molar-refractivity contribution in [2.24, 2.45) is 0 Å². The Morgan fingerprint density at radius 2 is 2.11 bits per heavy atom. The van der Waals surface area contributed by atoms with Crippen molar-refractivity contribution in [2.45, 2.75) is 13.5 Å². The summed E-state index contributed by atoms with van der Waals surface area (Å²) >= 11 is 0. The minimum absolute atomic E-state index is 0.125. The van der Waals surface area contributed by atoms with Crippen LogP contribution in [-0.4, -0.2) is 66.9 Å². The highest BCUT2D eigenvalue weighted by Crippen LogP contribution is 2.13. The van der Waals surface area contributed by atoms with Gasteiger partial charge < -0.3 is 14.7 Å². The predicted octanol–water partition coefficient (Wildman–Crippen LogP) is 1.31. The molecule has 1 aliphatic rings. The Morgan fingerprint density at radius 3 is 2.74 bits per heavy atom. The van der Waals surface area contributed by atoms with E-state index in [4.69, 9.17) is 4.52 Å². The van der Waals surface area contributed by atoms with Crippen LogP contribution in [0.4, 0.5) is 10.5 Å². The first-order valence-electron chi connectivity index (χ1n) is 8.69. The van der Waals surface area contributed by atoms with Crippen LogP contribution in [0, 0.1) is 6.92 Å². The molecule has 2 amide bonds. The highest BCUT2D eigenvalue weighted by molar-refractivity contribution is 5.89. The summed E-state index contributed by atoms with van der Waals surface area (Å²) in [6.45, 7) is 5.51. The van der Waals surface area contributed by atoms with Gasteiger partial charge in [-0.15, -0.1) is 0 Å². The molecule has 0 atom stereocenters. The van der Waals surface area contributed by atoms with Gasteiger partial charge in [-0.25, -0.2) is 19.4 Å². The van der Waals surface area contributed by atoms with Crippen LogP contribution < -0.4 is 5.32 Å². The number of aryl methyl sites for hydroxylation is 1. The smallest absolute Gasteiger partial charge is 0.321 e. The summed E-state index contributed by atoms with van der Waals surface area (Å²) in [7, 11) is 0. The van der Waals surface area contributed by atoms with Crippen molar-refractivity contribution >= 4 is 11.7 Å². The highest BCUT2D eigenvalue weighted by atomic mass is 16.5. The van der Waals surface area contributed by atoms with Gasteiger partial charge in [-0.1, -0.05) is 5.16 Å². The molecule has 3 aromatic rings. The van der Waals surface area contributed by atoms with Crippen LogP contribution in [0.25, 0.3) is 5.82 Å². The molecule has 0 aliphatic carbocycles. The zero-order valence-corrected chi connectivity index (χ0v) is 14.9. The van der Waals surface area contributed by atoms with E-state index in [9.17, 15) is 4.79 Å². The molecule has 1 N–H and O–H groups in total. The van der Waals surface area contributed by atoms with E-state index in [1.54, 1.807) is 34.2 Å². The van der Waals surface area contributed by atoms with Crippen LogP contribution in [0.1, 0.15) is 11.5 Å². The molecule has 4 rings (SSSR count). The van der Waals surface area contributed by atoms with Gasteiger partial charge in [0.25, 0.3) is 0 Å². The third-order valence-electron chi connectivity index (χ3n) is 4.37. The maximum atomic E-state index is 12.5. The van der Waals surface area contributed by atoms with E-state index < -0.39 is 0 Å². The van der Waals surface area contributed by atoms with Crippen LogP contribution in [-0.2, 0) is 6.54 Å². The summed E-state index contributed by atoms with van der Waals surface area (Å²) in [5, 5.41) is 10.8. The largest absolute Gasteiger partial charge is 0.360 e. The van der Waals surface area contributed by atoms with Gasteiger partial charge in [-0.3, -0.25) is 4.90 Å². The number of carbonyl (C=O) groups excluding carboxylic acids is 1. The second kappa shape index (κ2) is 7.54. The van der Waals surface area contributed by atoms with Crippen molar-refractivity contribution in [3.8, 4) is 5.82 Å². The van der Waals surface area contributed by atoms with Gasteiger partial charge in [0.15, 0.2) is 11.6 Å². The molecule has 0 saturated carbocycles. The molecule has 0 spiro atoms. The average molecular weight is 368 g/mol. The topological polar surface area (TPSA) is 105 Å². The number of carbonyl (C=O) groups is 1. The van der Waals surface area contributed by atoms with E-state index in [1.165, 1.54) is 6.33 Å². The van der Waals surface area contributed by atoms with E-state index in [2.05, 4.69) is 30.4 Å². The van der Waals surface area contributed by atoms with Crippen molar-refractivity contribution in [1.29, 1.82) is 0 Å². The fraction of sp³-hybridized carbons (Fsp3) is 0.353. The summed E-state index contributed by atoms with van der Waals surface area (Å²) in [6, 6.07) is 5.39. The number of nitrogens with zero attached hydrogens (tertiary/aromatic N) is 7. The molecule has 3 aromatic heterocycles. The van der Waals surface area contributed by atoms with Gasteiger partial charge in [0, 0.05) is 32.2 Å². The van der Waals surface area contributed by atoms with Crippen LogP contribution in [0.5, 0.6) is 0 Å². The number of hydrogen-bond donors (Lipinski definition) is 1. The Morgan fingerprint density at radius 1 is 1.26 bits per heavy atom. The van der Waals surface area contributed by atoms with E-state index >= 15 is 0 Å². The molecule has 4 heterocycles. The third kappa shape index (κ3) is 4.11. The number of hydrogen-bond acceptors (Lipinski definition) is 7. The lowest BCUT2D eigenvalue weighted by molar-refractivity contribution is 0.134. The maximum Gasteiger partial charge on any atom is 0.321 e. The number of pyridine rings is 1. The van der Waals surface area contributed by atoms with Crippen molar-refractivity contribution < 1.29 is 9.32 Å². The number of aromatic nitrogens is 5. The van der Waals surface area contributed by atoms with Crippen molar-refractivity contribution in [3.63, 3.8) is 0 Å². The zero-order valence-electron chi connectivity index (χ0n) is 14.9. The number of nitrogens with one attached hydrogen (secondary N) is 1. The fourth-order valence-electron chi connectivity index (χ4n) is 2.94. The molecule has 10 heteroatoms. The molecular weight excluding hydrogens is 348 g/mol. The molecule has 140 valence electrons. The Kier molecular flexibility index (Phi) is 4.79. The fourth-order valence-corrected chi connectivity index (χ4v) is 2.94. The number of piperazine rings is 1. The van der Waals surface area contributed by atoms with E-state index in [0.717, 1.165) is 24.5 Å². The van der Waals surface area contributed by atoms with Gasteiger partial charge in [0.05, 0.1) is 24.1 Å². The van der Waals surface area contributed by atoms with Gasteiger partial charge >= 0.3 is 6.03 Å². The molecule has 10 nitrogen and oxygen atoms in total. The SMILES string of the molecule is Cc1cc(CN2CCN(C(=O)Nc3ccc(-n4cncn4)nc3)CC2)on1. The highest BCUT2D eigenvalue weighted by Gasteiger charge is 2.22. The van der Waals surface area contributed by atoms with Crippen LogP contribution in [0.2, 0.25) is 0 Å². The lowest BCUT2D eigenvalue weighted by Gasteiger charge is -2.34. The Hall–Kier alpha value is -3.27. The van der Waals surface area contributed by atoms with Crippen molar-refractivity contribution in [2.75, 3.05) is 31.5 Å². The summed E-state index contributed by atoms with van der Waals surface area (Å²) in [5.41, 5.74) is 1.52. The predicted molar refractivity (Wildman–Crippen MR) is 96.3 cm³/mol. The summed E-state index contributed by atoms with van der Waals surface area (Å²) in [6.07, 6.45) is 4.62. The lowest BCUT2D eigenvalue weighted by Crippen LogP contribution is -2.49. The maximum absolute atomic E-state index is 12.5. The lowest BCUT2D eigenvalue weighted by atomic mass is 10.3.